The van der Waals surface area contributed by atoms with Gasteiger partial charge in [-0.25, -0.2) is 8.42 Å². The SMILES string of the molecule is O=S1(=O)CCNCC1Cc1ccccc1Br. The monoisotopic (exact) mass is 303 g/mol. The molecule has 2 rings (SSSR count). The highest BCUT2D eigenvalue weighted by atomic mass is 79.9. The molecule has 1 aliphatic rings. The maximum absolute atomic E-state index is 11.8. The second kappa shape index (κ2) is 4.85. The van der Waals surface area contributed by atoms with Gasteiger partial charge < -0.3 is 5.32 Å². The van der Waals surface area contributed by atoms with Crippen LogP contribution in [-0.4, -0.2) is 32.5 Å². The fraction of sp³-hybridized carbons (Fsp3) is 0.455. The highest BCUT2D eigenvalue weighted by Gasteiger charge is 2.28. The minimum absolute atomic E-state index is 0.252. The molecule has 1 atom stereocenters. The van der Waals surface area contributed by atoms with Crippen LogP contribution in [0.1, 0.15) is 5.56 Å². The second-order valence-electron chi connectivity index (χ2n) is 3.99. The van der Waals surface area contributed by atoms with Gasteiger partial charge >= 0.3 is 0 Å². The maximum Gasteiger partial charge on any atom is 0.155 e. The lowest BCUT2D eigenvalue weighted by Gasteiger charge is -2.23. The Bertz CT molecular complexity index is 473. The van der Waals surface area contributed by atoms with Gasteiger partial charge in [-0.2, -0.15) is 0 Å². The van der Waals surface area contributed by atoms with Gasteiger partial charge in [0.15, 0.2) is 9.84 Å². The van der Waals surface area contributed by atoms with Gasteiger partial charge in [0.25, 0.3) is 0 Å². The van der Waals surface area contributed by atoms with Gasteiger partial charge in [-0.15, -0.1) is 0 Å². The number of hydrogen-bond donors (Lipinski definition) is 1. The van der Waals surface area contributed by atoms with Crippen LogP contribution >= 0.6 is 15.9 Å². The molecule has 16 heavy (non-hydrogen) atoms. The number of rotatable bonds is 2. The molecule has 1 aromatic rings. The van der Waals surface area contributed by atoms with E-state index < -0.39 is 9.84 Å². The summed E-state index contributed by atoms with van der Waals surface area (Å²) in [6.45, 7) is 1.14. The summed E-state index contributed by atoms with van der Waals surface area (Å²) >= 11 is 3.45. The zero-order valence-corrected chi connectivity index (χ0v) is 11.2. The molecule has 1 saturated heterocycles. The fourth-order valence-electron chi connectivity index (χ4n) is 1.88. The average Bonchev–Trinajstić information content (AvgIpc) is 2.24. The molecule has 1 N–H and O–H groups in total. The first-order chi connectivity index (χ1) is 7.59. The van der Waals surface area contributed by atoms with Crippen molar-refractivity contribution in [1.29, 1.82) is 0 Å². The van der Waals surface area contributed by atoms with Crippen LogP contribution < -0.4 is 5.32 Å². The smallest absolute Gasteiger partial charge is 0.155 e. The van der Waals surface area contributed by atoms with Crippen molar-refractivity contribution in [2.24, 2.45) is 0 Å². The molecule has 5 heteroatoms. The quantitative estimate of drug-likeness (QED) is 0.898. The van der Waals surface area contributed by atoms with Gasteiger partial charge in [0.05, 0.1) is 11.0 Å². The Labute approximate surface area is 104 Å². The van der Waals surface area contributed by atoms with Crippen molar-refractivity contribution in [1.82, 2.24) is 5.32 Å². The largest absolute Gasteiger partial charge is 0.314 e. The van der Waals surface area contributed by atoms with Crippen LogP contribution in [-0.2, 0) is 16.3 Å². The summed E-state index contributed by atoms with van der Waals surface area (Å²) in [6, 6.07) is 7.77. The molecular formula is C11H14BrNO2S. The highest BCUT2D eigenvalue weighted by Crippen LogP contribution is 2.20. The molecule has 0 saturated carbocycles. The molecule has 1 heterocycles. The number of sulfone groups is 1. The molecule has 0 radical (unpaired) electrons. The third-order valence-corrected chi connectivity index (χ3v) is 5.74. The number of hydrogen-bond acceptors (Lipinski definition) is 3. The summed E-state index contributed by atoms with van der Waals surface area (Å²) < 4.78 is 24.7. The van der Waals surface area contributed by atoms with Crippen LogP contribution in [0.4, 0.5) is 0 Å². The van der Waals surface area contributed by atoms with E-state index in [9.17, 15) is 8.42 Å². The van der Waals surface area contributed by atoms with E-state index in [1.54, 1.807) is 0 Å². The Hall–Kier alpha value is -0.390. The Balaban J connectivity index is 2.18. The maximum atomic E-state index is 11.8. The molecule has 1 aliphatic heterocycles. The van der Waals surface area contributed by atoms with E-state index in [4.69, 9.17) is 0 Å². The third-order valence-electron chi connectivity index (χ3n) is 2.85. The van der Waals surface area contributed by atoms with Crippen LogP contribution in [0.2, 0.25) is 0 Å². The van der Waals surface area contributed by atoms with Gasteiger partial charge in [0.2, 0.25) is 0 Å². The molecule has 0 bridgehead atoms. The van der Waals surface area contributed by atoms with E-state index in [0.717, 1.165) is 10.0 Å². The lowest BCUT2D eigenvalue weighted by molar-refractivity contribution is 0.543. The molecule has 3 nitrogen and oxygen atoms in total. The zero-order chi connectivity index (χ0) is 11.6. The van der Waals surface area contributed by atoms with Crippen LogP contribution in [0, 0.1) is 0 Å². The first-order valence-electron chi connectivity index (χ1n) is 5.25. The van der Waals surface area contributed by atoms with E-state index in [2.05, 4.69) is 21.2 Å². The van der Waals surface area contributed by atoms with Gasteiger partial charge in [-0.1, -0.05) is 34.1 Å². The molecule has 0 spiro atoms. The molecule has 1 aromatic carbocycles. The van der Waals surface area contributed by atoms with Crippen LogP contribution in [0.15, 0.2) is 28.7 Å². The summed E-state index contributed by atoms with van der Waals surface area (Å²) in [5.74, 6) is 0.252. The Morgan fingerprint density at radius 1 is 1.38 bits per heavy atom. The molecule has 88 valence electrons. The van der Waals surface area contributed by atoms with Crippen molar-refractivity contribution in [2.45, 2.75) is 11.7 Å². The highest BCUT2D eigenvalue weighted by molar-refractivity contribution is 9.10. The summed E-state index contributed by atoms with van der Waals surface area (Å²) in [6.07, 6.45) is 0.580. The number of benzene rings is 1. The van der Waals surface area contributed by atoms with Gasteiger partial charge in [0, 0.05) is 17.6 Å². The molecule has 0 aromatic heterocycles. The summed E-state index contributed by atoms with van der Waals surface area (Å²) in [5, 5.41) is 2.84. The Morgan fingerprint density at radius 3 is 2.81 bits per heavy atom. The fourth-order valence-corrected chi connectivity index (χ4v) is 3.89. The Kier molecular flexibility index (Phi) is 3.66. The molecule has 1 fully saturated rings. The van der Waals surface area contributed by atoms with Crippen LogP contribution in [0.25, 0.3) is 0 Å². The average molecular weight is 304 g/mol. The van der Waals surface area contributed by atoms with Crippen molar-refractivity contribution < 1.29 is 8.42 Å². The summed E-state index contributed by atoms with van der Waals surface area (Å²) in [4.78, 5) is 0. The first-order valence-corrected chi connectivity index (χ1v) is 7.76. The standard InChI is InChI=1S/C11H14BrNO2S/c12-11-4-2-1-3-9(11)7-10-8-13-5-6-16(10,14)15/h1-4,10,13H,5-8H2. The third kappa shape index (κ3) is 2.64. The number of nitrogens with one attached hydrogen (secondary N) is 1. The van der Waals surface area contributed by atoms with Gasteiger partial charge in [-0.3, -0.25) is 0 Å². The zero-order valence-electron chi connectivity index (χ0n) is 8.82. The molecule has 0 amide bonds. The predicted octanol–water partition coefficient (Wildman–Crippen LogP) is 1.38. The first kappa shape index (κ1) is 12.1. The van der Waals surface area contributed by atoms with Crippen molar-refractivity contribution in [2.75, 3.05) is 18.8 Å². The normalized spacial score (nSPS) is 24.2. The Morgan fingerprint density at radius 2 is 2.12 bits per heavy atom. The summed E-state index contributed by atoms with van der Waals surface area (Å²) in [5.41, 5.74) is 1.06. The van der Waals surface area contributed by atoms with Gasteiger partial charge in [0.1, 0.15) is 0 Å². The molecule has 1 unspecified atom stereocenters. The van der Waals surface area contributed by atoms with E-state index in [1.807, 2.05) is 24.3 Å². The van der Waals surface area contributed by atoms with Crippen molar-refractivity contribution in [3.8, 4) is 0 Å². The minimum Gasteiger partial charge on any atom is -0.314 e. The molecular weight excluding hydrogens is 290 g/mol. The van der Waals surface area contributed by atoms with E-state index in [1.165, 1.54) is 0 Å². The minimum atomic E-state index is -2.92. The van der Waals surface area contributed by atoms with E-state index in [0.29, 0.717) is 19.5 Å². The van der Waals surface area contributed by atoms with Crippen LogP contribution in [0.3, 0.4) is 0 Å². The van der Waals surface area contributed by atoms with E-state index >= 15 is 0 Å². The molecule has 0 aliphatic carbocycles. The predicted molar refractivity (Wildman–Crippen MR) is 68.3 cm³/mol. The topological polar surface area (TPSA) is 46.2 Å². The van der Waals surface area contributed by atoms with Crippen LogP contribution in [0.5, 0.6) is 0 Å². The van der Waals surface area contributed by atoms with Crippen molar-refractivity contribution in [3.05, 3.63) is 34.3 Å². The summed E-state index contributed by atoms with van der Waals surface area (Å²) in [7, 11) is -2.92. The van der Waals surface area contributed by atoms with E-state index in [-0.39, 0.29) is 11.0 Å². The lowest BCUT2D eigenvalue weighted by Crippen LogP contribution is -2.45. The van der Waals surface area contributed by atoms with Crippen molar-refractivity contribution in [3.63, 3.8) is 0 Å². The number of halogens is 1. The lowest BCUT2D eigenvalue weighted by atomic mass is 10.1. The van der Waals surface area contributed by atoms with Crippen molar-refractivity contribution >= 4 is 25.8 Å². The second-order valence-corrected chi connectivity index (χ2v) is 7.24. The van der Waals surface area contributed by atoms with Gasteiger partial charge in [-0.05, 0) is 18.1 Å².